The maximum atomic E-state index is 13.7. The van der Waals surface area contributed by atoms with Crippen LogP contribution < -0.4 is 20.3 Å². The number of amidine groups is 1. The van der Waals surface area contributed by atoms with Crippen LogP contribution in [0.3, 0.4) is 0 Å². The van der Waals surface area contributed by atoms with E-state index in [1.165, 1.54) is 4.90 Å². The van der Waals surface area contributed by atoms with Crippen LogP contribution in [0.25, 0.3) is 0 Å². The highest BCUT2D eigenvalue weighted by Crippen LogP contribution is 2.27. The van der Waals surface area contributed by atoms with Gasteiger partial charge in [0.25, 0.3) is 0 Å². The number of rotatable bonds is 11. The van der Waals surface area contributed by atoms with E-state index in [2.05, 4.69) is 15.4 Å². The van der Waals surface area contributed by atoms with E-state index in [0.717, 1.165) is 16.7 Å². The third-order valence-electron chi connectivity index (χ3n) is 7.54. The summed E-state index contributed by atoms with van der Waals surface area (Å²) in [7, 11) is -3.84. The first-order valence-corrected chi connectivity index (χ1v) is 16.7. The summed E-state index contributed by atoms with van der Waals surface area (Å²) in [4.78, 5) is 40.2. The zero-order valence-electron chi connectivity index (χ0n) is 25.5. The molecule has 1 unspecified atom stereocenters. The number of amides is 3. The maximum absolute atomic E-state index is 13.7. The highest BCUT2D eigenvalue weighted by atomic mass is 32.2. The number of aryl methyl sites for hydroxylation is 1. The standard InChI is InChI=1S/C35H35N5O6S/c36-33(38-35(43)46-23-26-9-3-1-4-10-26)29-17-15-25(16-18-29)21-37-32(41)22-40-31-14-8-7-13-28(31)19-20-30(34(40)42)39-47(44,45)24-27-11-5-2-6-12-27/h1-18,30,39H,19-24H2,(H,37,41)(H2,36,38,43). The minimum Gasteiger partial charge on any atom is -0.444 e. The molecule has 1 heterocycles. The fourth-order valence-electron chi connectivity index (χ4n) is 5.16. The van der Waals surface area contributed by atoms with Gasteiger partial charge in [0.1, 0.15) is 25.0 Å². The minimum atomic E-state index is -3.84. The van der Waals surface area contributed by atoms with Crippen LogP contribution in [0.4, 0.5) is 10.5 Å². The van der Waals surface area contributed by atoms with E-state index >= 15 is 0 Å². The maximum Gasteiger partial charge on any atom is 0.413 e. The highest BCUT2D eigenvalue weighted by Gasteiger charge is 2.34. The van der Waals surface area contributed by atoms with Gasteiger partial charge >= 0.3 is 6.09 Å². The molecular formula is C35H35N5O6S. The Balaban J connectivity index is 1.16. The lowest BCUT2D eigenvalue weighted by Gasteiger charge is -2.26. The fourth-order valence-corrected chi connectivity index (χ4v) is 6.53. The lowest BCUT2D eigenvalue weighted by atomic mass is 10.1. The van der Waals surface area contributed by atoms with E-state index < -0.39 is 34.0 Å². The van der Waals surface area contributed by atoms with Crippen LogP contribution in [0.5, 0.6) is 0 Å². The van der Waals surface area contributed by atoms with E-state index in [-0.39, 0.29) is 37.7 Å². The summed E-state index contributed by atoms with van der Waals surface area (Å²) in [5.74, 6) is -1.33. The number of benzene rings is 4. The molecule has 4 aromatic rings. The Morgan fingerprint density at radius 2 is 1.47 bits per heavy atom. The van der Waals surface area contributed by atoms with Crippen LogP contribution in [0.15, 0.2) is 109 Å². The van der Waals surface area contributed by atoms with E-state index in [1.54, 1.807) is 66.7 Å². The van der Waals surface area contributed by atoms with Gasteiger partial charge in [0.2, 0.25) is 21.8 Å². The number of carbonyl (C=O) groups is 3. The van der Waals surface area contributed by atoms with Crippen LogP contribution in [-0.2, 0) is 49.7 Å². The summed E-state index contributed by atoms with van der Waals surface area (Å²) in [6.07, 6.45) is -0.0336. The zero-order valence-corrected chi connectivity index (χ0v) is 26.3. The molecule has 0 spiro atoms. The molecule has 0 radical (unpaired) electrons. The topological polar surface area (TPSA) is 158 Å². The first-order chi connectivity index (χ1) is 22.7. The molecule has 0 aromatic heterocycles. The quantitative estimate of drug-likeness (QED) is 0.141. The Kier molecular flexibility index (Phi) is 10.8. The Labute approximate surface area is 273 Å². The minimum absolute atomic E-state index is 0.0811. The van der Waals surface area contributed by atoms with Gasteiger partial charge in [-0.25, -0.2) is 17.9 Å². The second kappa shape index (κ2) is 15.3. The van der Waals surface area contributed by atoms with Gasteiger partial charge in [-0.3, -0.25) is 20.3 Å². The highest BCUT2D eigenvalue weighted by molar-refractivity contribution is 7.88. The molecule has 0 bridgehead atoms. The first-order valence-electron chi connectivity index (χ1n) is 15.0. The van der Waals surface area contributed by atoms with Crippen LogP contribution >= 0.6 is 0 Å². The third-order valence-corrected chi connectivity index (χ3v) is 8.90. The Morgan fingerprint density at radius 1 is 0.830 bits per heavy atom. The van der Waals surface area contributed by atoms with Crippen molar-refractivity contribution in [2.75, 3.05) is 11.4 Å². The number of anilines is 1. The number of hydrogen-bond donors (Lipinski definition) is 4. The average molecular weight is 654 g/mol. The third kappa shape index (κ3) is 9.35. The summed E-state index contributed by atoms with van der Waals surface area (Å²) in [5, 5.41) is 13.4. The van der Waals surface area contributed by atoms with E-state index in [1.807, 2.05) is 42.5 Å². The van der Waals surface area contributed by atoms with Crippen LogP contribution in [-0.4, -0.2) is 44.7 Å². The van der Waals surface area contributed by atoms with Crippen molar-refractivity contribution in [2.24, 2.45) is 0 Å². The largest absolute Gasteiger partial charge is 0.444 e. The van der Waals surface area contributed by atoms with Crippen molar-refractivity contribution in [2.45, 2.75) is 37.8 Å². The molecule has 0 saturated carbocycles. The van der Waals surface area contributed by atoms with Gasteiger partial charge < -0.3 is 15.0 Å². The average Bonchev–Trinajstić information content (AvgIpc) is 3.19. The molecule has 5 rings (SSSR count). The van der Waals surface area contributed by atoms with Crippen molar-refractivity contribution in [3.05, 3.63) is 137 Å². The smallest absolute Gasteiger partial charge is 0.413 e. The van der Waals surface area contributed by atoms with Crippen molar-refractivity contribution in [3.8, 4) is 0 Å². The number of nitrogens with one attached hydrogen (secondary N) is 4. The molecule has 1 aliphatic rings. The molecule has 242 valence electrons. The Hall–Kier alpha value is -5.33. The van der Waals surface area contributed by atoms with E-state index in [9.17, 15) is 22.8 Å². The van der Waals surface area contributed by atoms with Crippen molar-refractivity contribution in [3.63, 3.8) is 0 Å². The monoisotopic (exact) mass is 653 g/mol. The summed E-state index contributed by atoms with van der Waals surface area (Å²) >= 11 is 0. The number of nitrogens with zero attached hydrogens (tertiary/aromatic N) is 1. The molecule has 11 nitrogen and oxygen atoms in total. The molecule has 0 fully saturated rings. The SMILES string of the molecule is N=C(NC(=O)OCc1ccccc1)c1ccc(CNC(=O)CN2C(=O)C(NS(=O)(=O)Cc3ccccc3)CCc3ccccc32)cc1. The second-order valence-electron chi connectivity index (χ2n) is 11.0. The predicted molar refractivity (Wildman–Crippen MR) is 178 cm³/mol. The molecule has 47 heavy (non-hydrogen) atoms. The fraction of sp³-hybridized carbons (Fsp3) is 0.200. The van der Waals surface area contributed by atoms with E-state index in [4.69, 9.17) is 10.1 Å². The number of ether oxygens (including phenoxy) is 1. The van der Waals surface area contributed by atoms with Gasteiger partial charge in [-0.15, -0.1) is 0 Å². The molecular weight excluding hydrogens is 618 g/mol. The lowest BCUT2D eigenvalue weighted by molar-refractivity contribution is -0.124. The first kappa shape index (κ1) is 33.0. The number of fused-ring (bicyclic) bond motifs is 1. The number of carbonyl (C=O) groups excluding carboxylic acids is 3. The van der Waals surface area contributed by atoms with Gasteiger partial charge in [-0.05, 0) is 41.2 Å². The van der Waals surface area contributed by atoms with Gasteiger partial charge in [-0.1, -0.05) is 103 Å². The second-order valence-corrected chi connectivity index (χ2v) is 12.8. The molecule has 1 atom stereocenters. The molecule has 1 aliphatic heterocycles. The summed E-state index contributed by atoms with van der Waals surface area (Å²) < 4.78 is 33.7. The van der Waals surface area contributed by atoms with E-state index in [0.29, 0.717) is 23.2 Å². The van der Waals surface area contributed by atoms with Crippen LogP contribution in [0.2, 0.25) is 0 Å². The number of sulfonamides is 1. The molecule has 4 aromatic carbocycles. The van der Waals surface area contributed by atoms with Crippen LogP contribution in [0.1, 0.15) is 34.2 Å². The van der Waals surface area contributed by atoms with Gasteiger partial charge in [0, 0.05) is 17.8 Å². The van der Waals surface area contributed by atoms with Crippen LogP contribution in [0, 0.1) is 5.41 Å². The summed E-state index contributed by atoms with van der Waals surface area (Å²) in [6, 6.07) is 30.8. The molecule has 0 saturated heterocycles. The Morgan fingerprint density at radius 3 is 2.17 bits per heavy atom. The van der Waals surface area contributed by atoms with Crippen molar-refractivity contribution >= 4 is 39.5 Å². The molecule has 0 aliphatic carbocycles. The molecule has 4 N–H and O–H groups in total. The molecule has 3 amide bonds. The zero-order chi connectivity index (χ0) is 33.2. The normalized spacial score (nSPS) is 14.4. The Bertz CT molecular complexity index is 1830. The van der Waals surface area contributed by atoms with Crippen molar-refractivity contribution in [1.82, 2.24) is 15.4 Å². The molecule has 12 heteroatoms. The van der Waals surface area contributed by atoms with Gasteiger partial charge in [-0.2, -0.15) is 0 Å². The number of para-hydroxylation sites is 1. The summed E-state index contributed by atoms with van der Waals surface area (Å²) in [6.45, 7) is -0.0714. The van der Waals surface area contributed by atoms with Gasteiger partial charge in [0.15, 0.2) is 0 Å². The number of alkyl carbamates (subject to hydrolysis) is 1. The van der Waals surface area contributed by atoms with Crippen molar-refractivity contribution < 1.29 is 27.5 Å². The number of hydrogen-bond acceptors (Lipinski definition) is 7. The van der Waals surface area contributed by atoms with Crippen molar-refractivity contribution in [1.29, 1.82) is 5.41 Å². The summed E-state index contributed by atoms with van der Waals surface area (Å²) in [5.41, 5.74) is 4.01. The lowest BCUT2D eigenvalue weighted by Crippen LogP contribution is -2.50. The van der Waals surface area contributed by atoms with Gasteiger partial charge in [0.05, 0.1) is 5.75 Å². The predicted octanol–water partition coefficient (Wildman–Crippen LogP) is 4.02.